The molecule has 0 aliphatic carbocycles. The lowest BCUT2D eigenvalue weighted by Crippen LogP contribution is -2.31. The topological polar surface area (TPSA) is 115 Å². The molecule has 0 bridgehead atoms. The zero-order valence-electron chi connectivity index (χ0n) is 19.7. The van der Waals surface area contributed by atoms with E-state index in [1.54, 1.807) is 30.3 Å². The van der Waals surface area contributed by atoms with E-state index >= 15 is 0 Å². The summed E-state index contributed by atoms with van der Waals surface area (Å²) in [6, 6.07) is 18.5. The molecule has 0 unspecified atom stereocenters. The standard InChI is InChI=1S/C28H20N2O7/c1-16-8-9-23-18(11-16)21(31)14-26(37-23)28(33)35-15-27(32)30-20(24-7-4-10-34-24)13-19(29-30)25-12-17-5-2-3-6-22(17)36-25/h2-12,14,20H,13,15H2,1H3/t20-/m1/s1. The molecular formula is C28H20N2O7. The van der Waals surface area contributed by atoms with Crippen LogP contribution in [0.25, 0.3) is 21.9 Å². The number of esters is 1. The number of fused-ring (bicyclic) bond motifs is 2. The molecule has 5 aromatic rings. The van der Waals surface area contributed by atoms with E-state index in [9.17, 15) is 14.4 Å². The molecule has 0 saturated heterocycles. The Bertz CT molecular complexity index is 1710. The Morgan fingerprint density at radius 3 is 2.70 bits per heavy atom. The first kappa shape index (κ1) is 22.5. The van der Waals surface area contributed by atoms with Crippen LogP contribution in [-0.2, 0) is 9.53 Å². The molecular weight excluding hydrogens is 476 g/mol. The number of nitrogens with zero attached hydrogens (tertiary/aromatic N) is 2. The Morgan fingerprint density at radius 1 is 1.03 bits per heavy atom. The van der Waals surface area contributed by atoms with E-state index in [1.165, 1.54) is 11.3 Å². The van der Waals surface area contributed by atoms with Crippen LogP contribution in [0.4, 0.5) is 0 Å². The van der Waals surface area contributed by atoms with Crippen LogP contribution in [0.3, 0.4) is 0 Å². The fourth-order valence-electron chi connectivity index (χ4n) is 4.35. The van der Waals surface area contributed by atoms with Crippen molar-refractivity contribution in [1.29, 1.82) is 0 Å². The fraction of sp³-hybridized carbons (Fsp3) is 0.143. The highest BCUT2D eigenvalue weighted by atomic mass is 16.5. The molecule has 2 aromatic carbocycles. The van der Waals surface area contributed by atoms with Crippen LogP contribution in [0.15, 0.2) is 96.1 Å². The van der Waals surface area contributed by atoms with E-state index in [4.69, 9.17) is 18.0 Å². The van der Waals surface area contributed by atoms with Gasteiger partial charge in [0.05, 0.1) is 11.6 Å². The van der Waals surface area contributed by atoms with Crippen molar-refractivity contribution in [2.45, 2.75) is 19.4 Å². The Morgan fingerprint density at radius 2 is 1.89 bits per heavy atom. The Labute approximate surface area is 209 Å². The molecule has 1 aliphatic rings. The summed E-state index contributed by atoms with van der Waals surface area (Å²) in [6.45, 7) is 1.24. The van der Waals surface area contributed by atoms with Crippen LogP contribution in [0, 0.1) is 6.92 Å². The number of carbonyl (C=O) groups is 2. The van der Waals surface area contributed by atoms with Crippen molar-refractivity contribution in [1.82, 2.24) is 5.01 Å². The number of rotatable bonds is 5. The van der Waals surface area contributed by atoms with Crippen molar-refractivity contribution in [3.05, 3.63) is 106 Å². The minimum Gasteiger partial charge on any atom is -0.467 e. The molecule has 0 fully saturated rings. The first-order valence-corrected chi connectivity index (χ1v) is 11.6. The summed E-state index contributed by atoms with van der Waals surface area (Å²) < 4.78 is 22.2. The summed E-state index contributed by atoms with van der Waals surface area (Å²) in [5, 5.41) is 6.99. The van der Waals surface area contributed by atoms with Crippen molar-refractivity contribution in [2.24, 2.45) is 5.10 Å². The van der Waals surface area contributed by atoms with E-state index < -0.39 is 24.5 Å². The minimum atomic E-state index is -0.928. The van der Waals surface area contributed by atoms with Gasteiger partial charge in [0.25, 0.3) is 5.91 Å². The number of carbonyl (C=O) groups excluding carboxylic acids is 2. The maximum absolute atomic E-state index is 13.1. The number of amides is 1. The quantitative estimate of drug-likeness (QED) is 0.315. The van der Waals surface area contributed by atoms with Gasteiger partial charge >= 0.3 is 5.97 Å². The number of hydrogen-bond donors (Lipinski definition) is 0. The zero-order valence-corrected chi connectivity index (χ0v) is 19.7. The van der Waals surface area contributed by atoms with E-state index in [0.717, 1.165) is 17.0 Å². The molecule has 0 radical (unpaired) electrons. The summed E-state index contributed by atoms with van der Waals surface area (Å²) >= 11 is 0. The Balaban J connectivity index is 1.23. The second-order valence-corrected chi connectivity index (χ2v) is 8.72. The second kappa shape index (κ2) is 8.94. The van der Waals surface area contributed by atoms with Crippen molar-refractivity contribution >= 4 is 39.5 Å². The van der Waals surface area contributed by atoms with Crippen LogP contribution in [0.2, 0.25) is 0 Å². The SMILES string of the molecule is Cc1ccc2oc(C(=O)OCC(=O)N3N=C(c4cc5ccccc5o4)C[C@@H]3c3ccco3)cc(=O)c2c1. The summed E-state index contributed by atoms with van der Waals surface area (Å²) in [5.74, 6) is -0.712. The third kappa shape index (κ3) is 4.20. The first-order chi connectivity index (χ1) is 18.0. The van der Waals surface area contributed by atoms with Crippen molar-refractivity contribution in [2.75, 3.05) is 6.61 Å². The number of furan rings is 2. The minimum absolute atomic E-state index is 0.258. The van der Waals surface area contributed by atoms with E-state index in [2.05, 4.69) is 5.10 Å². The molecule has 1 atom stereocenters. The molecule has 1 amide bonds. The van der Waals surface area contributed by atoms with E-state index in [0.29, 0.717) is 34.6 Å². The predicted molar refractivity (Wildman–Crippen MR) is 133 cm³/mol. The highest BCUT2D eigenvalue weighted by Gasteiger charge is 2.36. The maximum Gasteiger partial charge on any atom is 0.374 e. The highest BCUT2D eigenvalue weighted by molar-refractivity contribution is 6.03. The van der Waals surface area contributed by atoms with E-state index in [1.807, 2.05) is 37.3 Å². The summed E-state index contributed by atoms with van der Waals surface area (Å²) in [5.41, 5.74) is 2.04. The van der Waals surface area contributed by atoms with Crippen LogP contribution in [-0.4, -0.2) is 29.2 Å². The number of aryl methyl sites for hydroxylation is 1. The molecule has 6 rings (SSSR count). The van der Waals surface area contributed by atoms with Crippen LogP contribution < -0.4 is 5.43 Å². The van der Waals surface area contributed by atoms with Crippen LogP contribution in [0.5, 0.6) is 0 Å². The number of benzene rings is 2. The van der Waals surface area contributed by atoms with Crippen LogP contribution >= 0.6 is 0 Å². The first-order valence-electron chi connectivity index (χ1n) is 11.6. The second-order valence-electron chi connectivity index (χ2n) is 8.72. The normalized spacial score (nSPS) is 15.3. The number of para-hydroxylation sites is 1. The molecule has 184 valence electrons. The molecule has 0 saturated carbocycles. The molecule has 37 heavy (non-hydrogen) atoms. The summed E-state index contributed by atoms with van der Waals surface area (Å²) in [6.07, 6.45) is 1.87. The molecule has 9 nitrogen and oxygen atoms in total. The smallest absolute Gasteiger partial charge is 0.374 e. The summed E-state index contributed by atoms with van der Waals surface area (Å²) in [7, 11) is 0. The molecule has 9 heteroatoms. The van der Waals surface area contributed by atoms with Gasteiger partial charge in [-0.25, -0.2) is 9.80 Å². The number of hydrazone groups is 1. The van der Waals surface area contributed by atoms with Gasteiger partial charge in [-0.2, -0.15) is 5.10 Å². The van der Waals surface area contributed by atoms with Gasteiger partial charge in [0.1, 0.15) is 28.7 Å². The highest BCUT2D eigenvalue weighted by Crippen LogP contribution is 2.34. The lowest BCUT2D eigenvalue weighted by Gasteiger charge is -2.19. The zero-order chi connectivity index (χ0) is 25.5. The third-order valence-electron chi connectivity index (χ3n) is 6.16. The number of hydrogen-bond acceptors (Lipinski definition) is 8. The maximum atomic E-state index is 13.1. The lowest BCUT2D eigenvalue weighted by atomic mass is 10.1. The average Bonchev–Trinajstić information content (AvgIpc) is 3.66. The van der Waals surface area contributed by atoms with Crippen molar-refractivity contribution in [3.63, 3.8) is 0 Å². The van der Waals surface area contributed by atoms with E-state index in [-0.39, 0.29) is 16.8 Å². The van der Waals surface area contributed by atoms with Crippen molar-refractivity contribution in [3.8, 4) is 0 Å². The molecule has 4 heterocycles. The summed E-state index contributed by atoms with van der Waals surface area (Å²) in [4.78, 5) is 38.2. The third-order valence-corrected chi connectivity index (χ3v) is 6.16. The van der Waals surface area contributed by atoms with Gasteiger partial charge in [-0.05, 0) is 43.3 Å². The Hall–Kier alpha value is -4.92. The van der Waals surface area contributed by atoms with Gasteiger partial charge in [0.15, 0.2) is 17.8 Å². The molecule has 0 spiro atoms. The van der Waals surface area contributed by atoms with Gasteiger partial charge in [0, 0.05) is 17.9 Å². The Kier molecular flexibility index (Phi) is 5.45. The molecule has 0 N–H and O–H groups in total. The van der Waals surface area contributed by atoms with Gasteiger partial charge in [-0.3, -0.25) is 9.59 Å². The van der Waals surface area contributed by atoms with Crippen LogP contribution in [0.1, 0.15) is 40.1 Å². The largest absolute Gasteiger partial charge is 0.467 e. The average molecular weight is 496 g/mol. The lowest BCUT2D eigenvalue weighted by molar-refractivity contribution is -0.136. The van der Waals surface area contributed by atoms with Crippen molar-refractivity contribution < 1.29 is 27.6 Å². The van der Waals surface area contributed by atoms with Gasteiger partial charge in [-0.15, -0.1) is 0 Å². The monoisotopic (exact) mass is 496 g/mol. The fourth-order valence-corrected chi connectivity index (χ4v) is 4.35. The number of ether oxygens (including phenoxy) is 1. The molecule has 3 aromatic heterocycles. The van der Waals surface area contributed by atoms with Gasteiger partial charge in [0.2, 0.25) is 5.76 Å². The molecule has 1 aliphatic heterocycles. The van der Waals surface area contributed by atoms with Gasteiger partial charge in [-0.1, -0.05) is 29.8 Å². The van der Waals surface area contributed by atoms with Gasteiger partial charge < -0.3 is 18.0 Å². The predicted octanol–water partition coefficient (Wildman–Crippen LogP) is 4.98.